The summed E-state index contributed by atoms with van der Waals surface area (Å²) in [5.41, 5.74) is 17.6. The summed E-state index contributed by atoms with van der Waals surface area (Å²) in [7, 11) is 0. The summed E-state index contributed by atoms with van der Waals surface area (Å²) >= 11 is 0. The Balaban J connectivity index is 1.37. The zero-order chi connectivity index (χ0) is 46.6. The maximum absolute atomic E-state index is 14.3. The zero-order valence-corrected chi connectivity index (χ0v) is 37.8. The second-order valence-electron chi connectivity index (χ2n) is 16.7. The first-order chi connectivity index (χ1) is 31.5. The van der Waals surface area contributed by atoms with Crippen molar-refractivity contribution in [1.29, 1.82) is 0 Å². The van der Waals surface area contributed by atoms with Gasteiger partial charge in [-0.05, 0) is 90.1 Å². The average molecular weight is 887 g/mol. The second-order valence-corrected chi connectivity index (χ2v) is 16.7. The van der Waals surface area contributed by atoms with Crippen molar-refractivity contribution in [3.63, 3.8) is 0 Å². The van der Waals surface area contributed by atoms with Crippen LogP contribution in [-0.2, 0) is 30.5 Å². The summed E-state index contributed by atoms with van der Waals surface area (Å²) in [4.78, 5) is 58.2. The van der Waals surface area contributed by atoms with Gasteiger partial charge in [-0.2, -0.15) is 0 Å². The van der Waals surface area contributed by atoms with Crippen LogP contribution >= 0.6 is 0 Å². The predicted molar refractivity (Wildman–Crippen MR) is 255 cm³/mol. The molecule has 10 N–H and O–H groups in total. The fraction of sp³-hybridized carbons (Fsp3) is 0.365. The van der Waals surface area contributed by atoms with E-state index in [4.69, 9.17) is 25.7 Å². The number of carbonyl (C=O) groups excluding carboxylic acids is 4. The highest BCUT2D eigenvalue weighted by Gasteiger charge is 2.31. The maximum atomic E-state index is 14.3. The van der Waals surface area contributed by atoms with Crippen molar-refractivity contribution < 1.29 is 44.1 Å². The Hall–Kier alpha value is -6.73. The van der Waals surface area contributed by atoms with Gasteiger partial charge in [0.15, 0.2) is 12.4 Å². The number of ether oxygens (including phenoxy) is 3. The van der Waals surface area contributed by atoms with Crippen molar-refractivity contribution in [2.24, 2.45) is 23.3 Å². The molecule has 5 rings (SSSR count). The van der Waals surface area contributed by atoms with Crippen LogP contribution in [-0.4, -0.2) is 67.9 Å². The lowest BCUT2D eigenvalue weighted by Crippen LogP contribution is -2.78. The van der Waals surface area contributed by atoms with E-state index in [1.165, 1.54) is 6.08 Å². The number of hydrogen-bond acceptors (Lipinski definition) is 7. The Labute approximate surface area is 382 Å². The van der Waals surface area contributed by atoms with Gasteiger partial charge < -0.3 is 30.6 Å². The lowest BCUT2D eigenvalue weighted by atomic mass is 9.91. The quantitative estimate of drug-likeness (QED) is 0.0139. The third-order valence-electron chi connectivity index (χ3n) is 11.2. The van der Waals surface area contributed by atoms with Crippen molar-refractivity contribution in [3.05, 3.63) is 121 Å². The Morgan fingerprint density at radius 3 is 1.98 bits per heavy atom. The number of quaternary nitrogens is 1. The van der Waals surface area contributed by atoms with Crippen molar-refractivity contribution in [3.8, 4) is 22.6 Å². The van der Waals surface area contributed by atoms with Gasteiger partial charge in [-0.3, -0.25) is 30.8 Å². The molecule has 13 nitrogen and oxygen atoms in total. The van der Waals surface area contributed by atoms with Gasteiger partial charge in [0.2, 0.25) is 5.91 Å². The van der Waals surface area contributed by atoms with Gasteiger partial charge in [0.25, 0.3) is 5.91 Å². The van der Waals surface area contributed by atoms with Gasteiger partial charge in [0, 0.05) is 23.5 Å². The minimum Gasteiger partial charge on any atom is -0.493 e. The minimum atomic E-state index is -1.02. The zero-order valence-electron chi connectivity index (χ0n) is 37.8. The first kappa shape index (κ1) is 49.3. The normalized spacial score (nSPS) is 12.5. The fourth-order valence-corrected chi connectivity index (χ4v) is 7.67. The molecule has 0 saturated heterocycles. The van der Waals surface area contributed by atoms with E-state index in [2.05, 4.69) is 60.0 Å². The monoisotopic (exact) mass is 886 g/mol. The molecule has 344 valence electrons. The first-order valence-corrected chi connectivity index (χ1v) is 22.6. The van der Waals surface area contributed by atoms with Crippen LogP contribution < -0.4 is 42.3 Å². The van der Waals surface area contributed by atoms with Crippen molar-refractivity contribution >= 4 is 51.1 Å². The standard InChI is InChI=1S/C52H64N6O7/c1-4-15-43(51(62)65-33-36-16-6-5-7-17-36)58-50(61)39(20-14-30-56-52(54)55)32-44(59)42(23-12-13-29-53)57-47(60)34-64-46-27-25-38-19-9-11-22-41(38)49(46)48-40-21-10-8-18-37(40)24-26-45(48)63-31-28-35(2)3/h4-11,16-19,21-22,24-27,35,39,42-43H,1,12-15,20,23,28-34,53H2,2-3H3,(H,57,60)(H,58,61)(H4,54,55,56)/p+2/t39-,42+,43-/m0/s1. The summed E-state index contributed by atoms with van der Waals surface area (Å²) in [5, 5.41) is 9.68. The minimum absolute atomic E-state index is 0.0331. The number of fused-ring (bicyclic) bond motifs is 2. The van der Waals surface area contributed by atoms with Gasteiger partial charge >= 0.3 is 11.9 Å². The molecule has 13 heteroatoms. The molecular formula is C52H66N6O7+2. The predicted octanol–water partition coefficient (Wildman–Crippen LogP) is 4.87. The Morgan fingerprint density at radius 1 is 0.738 bits per heavy atom. The molecule has 0 fully saturated rings. The first-order valence-electron chi connectivity index (χ1n) is 22.6. The highest BCUT2D eigenvalue weighted by atomic mass is 16.5. The van der Waals surface area contributed by atoms with Gasteiger partial charge in [-0.25, -0.2) is 4.79 Å². The lowest BCUT2D eigenvalue weighted by molar-refractivity contribution is -0.459. The van der Waals surface area contributed by atoms with Crippen LogP contribution in [0.25, 0.3) is 32.7 Å². The van der Waals surface area contributed by atoms with Crippen LogP contribution in [0.4, 0.5) is 0 Å². The van der Waals surface area contributed by atoms with E-state index in [0.29, 0.717) is 56.4 Å². The van der Waals surface area contributed by atoms with Crippen molar-refractivity contribution in [2.45, 2.75) is 83.9 Å². The summed E-state index contributed by atoms with van der Waals surface area (Å²) in [6.07, 6.45) is 4.74. The third kappa shape index (κ3) is 14.9. The van der Waals surface area contributed by atoms with E-state index in [1.54, 1.807) is 0 Å². The molecule has 0 heterocycles. The van der Waals surface area contributed by atoms with Gasteiger partial charge in [0.05, 0.1) is 25.7 Å². The molecule has 65 heavy (non-hydrogen) atoms. The summed E-state index contributed by atoms with van der Waals surface area (Å²) in [6.45, 7) is 9.29. The number of esters is 1. The molecule has 5 aromatic carbocycles. The molecule has 0 spiro atoms. The molecule has 5 aromatic rings. The molecular weight excluding hydrogens is 821 g/mol. The smallest absolute Gasteiger partial charge is 0.338 e. The fourth-order valence-electron chi connectivity index (χ4n) is 7.67. The van der Waals surface area contributed by atoms with Crippen molar-refractivity contribution in [1.82, 2.24) is 10.6 Å². The van der Waals surface area contributed by atoms with Crippen LogP contribution in [0.15, 0.2) is 116 Å². The second kappa shape index (κ2) is 25.5. The SMILES string of the molecule is C=CC[C@H](NC(=O)[C@@H](CCC[NH+]=C(N)N)CC(=O)[C@@H](CCCC[NH3+])NC(=O)COc1ccc2ccccc2c1-c1c(OCCC(C)C)ccc2ccccc12)C(=O)OCc1ccccc1. The van der Waals surface area contributed by atoms with Gasteiger partial charge in [0.1, 0.15) is 24.1 Å². The van der Waals surface area contributed by atoms with E-state index < -0.39 is 35.8 Å². The highest BCUT2D eigenvalue weighted by Crippen LogP contribution is 2.45. The Morgan fingerprint density at radius 2 is 1.37 bits per heavy atom. The summed E-state index contributed by atoms with van der Waals surface area (Å²) < 4.78 is 18.4. The number of unbranched alkanes of at least 4 members (excludes halogenated alkanes) is 1. The highest BCUT2D eigenvalue weighted by molar-refractivity contribution is 6.10. The topological polar surface area (TPSA) is 214 Å². The number of nitrogens with two attached hydrogens (primary N) is 2. The van der Waals surface area contributed by atoms with Gasteiger partial charge in [-0.1, -0.05) is 111 Å². The number of nitrogens with one attached hydrogen (secondary N) is 3. The number of hydrogen-bond donors (Lipinski definition) is 6. The van der Waals surface area contributed by atoms with Crippen LogP contribution in [0.2, 0.25) is 0 Å². The molecule has 0 aliphatic heterocycles. The van der Waals surface area contributed by atoms with Crippen LogP contribution in [0.3, 0.4) is 0 Å². The molecule has 0 unspecified atom stereocenters. The third-order valence-corrected chi connectivity index (χ3v) is 11.2. The molecule has 0 aromatic heterocycles. The molecule has 0 aliphatic rings. The lowest BCUT2D eigenvalue weighted by Gasteiger charge is -2.23. The summed E-state index contributed by atoms with van der Waals surface area (Å²) in [6, 6.07) is 31.3. The number of guanidine groups is 1. The van der Waals surface area contributed by atoms with Crippen LogP contribution in [0, 0.1) is 11.8 Å². The molecule has 0 radical (unpaired) electrons. The molecule has 0 saturated carbocycles. The van der Waals surface area contributed by atoms with E-state index in [1.807, 2.05) is 84.9 Å². The molecule has 3 atom stereocenters. The maximum Gasteiger partial charge on any atom is 0.338 e. The molecule has 2 amide bonds. The Kier molecular flexibility index (Phi) is 19.4. The van der Waals surface area contributed by atoms with E-state index in [-0.39, 0.29) is 44.2 Å². The van der Waals surface area contributed by atoms with Crippen LogP contribution in [0.1, 0.15) is 70.8 Å². The van der Waals surface area contributed by atoms with E-state index >= 15 is 0 Å². The number of Topliss-reactive ketones (excluding diaryl/α,β-unsaturated/α-hetero) is 1. The largest absolute Gasteiger partial charge is 0.493 e. The number of carbonyl (C=O) groups is 4. The number of benzene rings is 5. The van der Waals surface area contributed by atoms with E-state index in [0.717, 1.165) is 51.1 Å². The average Bonchev–Trinajstić information content (AvgIpc) is 3.30. The molecule has 0 bridgehead atoms. The van der Waals surface area contributed by atoms with Crippen molar-refractivity contribution in [2.75, 3.05) is 26.3 Å². The van der Waals surface area contributed by atoms with E-state index in [9.17, 15) is 19.2 Å². The number of amides is 2. The van der Waals surface area contributed by atoms with Crippen LogP contribution in [0.5, 0.6) is 11.5 Å². The molecule has 0 aliphatic carbocycles. The Bertz CT molecular complexity index is 2400. The number of rotatable bonds is 27. The number of ketones is 1. The van der Waals surface area contributed by atoms with Gasteiger partial charge in [-0.15, -0.1) is 6.58 Å². The summed E-state index contributed by atoms with van der Waals surface area (Å²) in [5.74, 6) is -1.09.